The number of nitrogens with two attached hydrogens (primary N) is 1. The number of rotatable bonds is 6. The summed E-state index contributed by atoms with van der Waals surface area (Å²) in [6.07, 6.45) is -1.72. The second kappa shape index (κ2) is 5.92. The Balaban J connectivity index is 1.95. The van der Waals surface area contributed by atoms with Crippen LogP contribution in [0.1, 0.15) is 24.0 Å². The normalized spacial score (nSPS) is 16.1. The van der Waals surface area contributed by atoms with Gasteiger partial charge in [0.15, 0.2) is 0 Å². The van der Waals surface area contributed by atoms with Crippen LogP contribution in [0.25, 0.3) is 0 Å². The lowest BCUT2D eigenvalue weighted by Gasteiger charge is -2.23. The maximum atomic E-state index is 12.5. The molecule has 5 heteroatoms. The van der Waals surface area contributed by atoms with E-state index in [1.165, 1.54) is 0 Å². The van der Waals surface area contributed by atoms with Gasteiger partial charge in [-0.2, -0.15) is 13.2 Å². The molecule has 1 fully saturated rings. The second-order valence-electron chi connectivity index (χ2n) is 5.04. The summed E-state index contributed by atoms with van der Waals surface area (Å²) in [5.41, 5.74) is 7.71. The lowest BCUT2D eigenvalue weighted by atomic mass is 10.0. The molecule has 106 valence electrons. The number of benzene rings is 1. The Kier molecular flexibility index (Phi) is 4.47. The molecular weight excluding hydrogens is 253 g/mol. The lowest BCUT2D eigenvalue weighted by molar-refractivity contribution is -0.147. The van der Waals surface area contributed by atoms with Gasteiger partial charge < -0.3 is 5.73 Å². The molecule has 0 unspecified atom stereocenters. The van der Waals surface area contributed by atoms with Crippen LogP contribution >= 0.6 is 0 Å². The average molecular weight is 272 g/mol. The summed E-state index contributed by atoms with van der Waals surface area (Å²) in [5.74, 6) is 0. The standard InChI is InChI=1S/C14H19F3N2/c15-14(16,17)10-19(13-5-6-13)8-7-11-3-1-2-4-12(11)9-18/h1-4,13H,5-10,18H2. The summed E-state index contributed by atoms with van der Waals surface area (Å²) in [5, 5.41) is 0. The van der Waals surface area contributed by atoms with Crippen molar-refractivity contribution in [3.8, 4) is 0 Å². The number of nitrogens with zero attached hydrogens (tertiary/aromatic N) is 1. The summed E-state index contributed by atoms with van der Waals surface area (Å²) in [4.78, 5) is 1.55. The molecule has 0 amide bonds. The Hall–Kier alpha value is -1.07. The van der Waals surface area contributed by atoms with Gasteiger partial charge in [0.05, 0.1) is 6.54 Å². The number of hydrogen-bond donors (Lipinski definition) is 1. The molecule has 0 atom stereocenters. The summed E-state index contributed by atoms with van der Waals surface area (Å²) >= 11 is 0. The van der Waals surface area contributed by atoms with Gasteiger partial charge in [0.2, 0.25) is 0 Å². The van der Waals surface area contributed by atoms with E-state index in [0.29, 0.717) is 19.5 Å². The van der Waals surface area contributed by atoms with Crippen LogP contribution in [0.5, 0.6) is 0 Å². The predicted octanol–water partition coefficient (Wildman–Crippen LogP) is 2.71. The van der Waals surface area contributed by atoms with Gasteiger partial charge in [0.1, 0.15) is 0 Å². The van der Waals surface area contributed by atoms with Crippen LogP contribution in [0.15, 0.2) is 24.3 Å². The van der Waals surface area contributed by atoms with Crippen molar-refractivity contribution in [1.29, 1.82) is 0 Å². The van der Waals surface area contributed by atoms with Gasteiger partial charge in [-0.1, -0.05) is 24.3 Å². The third-order valence-corrected chi connectivity index (χ3v) is 3.45. The molecule has 0 heterocycles. The largest absolute Gasteiger partial charge is 0.401 e. The van der Waals surface area contributed by atoms with Crippen LogP contribution in [0.3, 0.4) is 0 Å². The van der Waals surface area contributed by atoms with Gasteiger partial charge in [-0.3, -0.25) is 4.90 Å². The summed E-state index contributed by atoms with van der Waals surface area (Å²) in [6, 6.07) is 7.80. The average Bonchev–Trinajstić information content (AvgIpc) is 3.17. The fraction of sp³-hybridized carbons (Fsp3) is 0.571. The van der Waals surface area contributed by atoms with Crippen molar-refractivity contribution in [2.45, 2.75) is 38.0 Å². The van der Waals surface area contributed by atoms with E-state index in [2.05, 4.69) is 0 Å². The first-order valence-electron chi connectivity index (χ1n) is 6.57. The fourth-order valence-electron chi connectivity index (χ4n) is 2.33. The van der Waals surface area contributed by atoms with Gasteiger partial charge in [0.25, 0.3) is 0 Å². The number of halogens is 3. The van der Waals surface area contributed by atoms with Crippen molar-refractivity contribution < 1.29 is 13.2 Å². The van der Waals surface area contributed by atoms with Crippen LogP contribution in [-0.4, -0.2) is 30.2 Å². The summed E-state index contributed by atoms with van der Waals surface area (Å²) in [7, 11) is 0. The van der Waals surface area contributed by atoms with Gasteiger partial charge >= 0.3 is 6.18 Å². The Morgan fingerprint density at radius 3 is 2.32 bits per heavy atom. The van der Waals surface area contributed by atoms with Crippen molar-refractivity contribution in [1.82, 2.24) is 4.90 Å². The Labute approximate surface area is 111 Å². The third-order valence-electron chi connectivity index (χ3n) is 3.45. The molecule has 0 radical (unpaired) electrons. The molecule has 0 saturated heterocycles. The van der Waals surface area contributed by atoms with E-state index >= 15 is 0 Å². The zero-order chi connectivity index (χ0) is 13.9. The molecule has 1 aliphatic carbocycles. The van der Waals surface area contributed by atoms with Crippen molar-refractivity contribution >= 4 is 0 Å². The monoisotopic (exact) mass is 272 g/mol. The molecule has 19 heavy (non-hydrogen) atoms. The van der Waals surface area contributed by atoms with Crippen molar-refractivity contribution in [3.63, 3.8) is 0 Å². The van der Waals surface area contributed by atoms with E-state index in [1.54, 1.807) is 4.90 Å². The Morgan fingerprint density at radius 1 is 1.16 bits per heavy atom. The van der Waals surface area contributed by atoms with E-state index in [-0.39, 0.29) is 6.04 Å². The molecule has 2 N–H and O–H groups in total. The molecule has 0 aromatic heterocycles. The molecule has 1 saturated carbocycles. The molecule has 2 nitrogen and oxygen atoms in total. The zero-order valence-corrected chi connectivity index (χ0v) is 10.8. The number of alkyl halides is 3. The number of hydrogen-bond acceptors (Lipinski definition) is 2. The second-order valence-corrected chi connectivity index (χ2v) is 5.04. The third kappa shape index (κ3) is 4.51. The van der Waals surface area contributed by atoms with Crippen LogP contribution in [0.2, 0.25) is 0 Å². The van der Waals surface area contributed by atoms with Gasteiger partial charge in [-0.15, -0.1) is 0 Å². The SMILES string of the molecule is NCc1ccccc1CCN(CC(F)(F)F)C1CC1. The molecule has 0 bridgehead atoms. The maximum Gasteiger partial charge on any atom is 0.401 e. The van der Waals surface area contributed by atoms with Crippen LogP contribution in [0.4, 0.5) is 13.2 Å². The van der Waals surface area contributed by atoms with Crippen LogP contribution in [0, 0.1) is 0 Å². The maximum absolute atomic E-state index is 12.5. The Morgan fingerprint density at radius 2 is 1.79 bits per heavy atom. The van der Waals surface area contributed by atoms with Gasteiger partial charge in [-0.05, 0) is 30.4 Å². The van der Waals surface area contributed by atoms with Gasteiger partial charge in [-0.25, -0.2) is 0 Å². The van der Waals surface area contributed by atoms with E-state index in [9.17, 15) is 13.2 Å². The van der Waals surface area contributed by atoms with Crippen molar-refractivity contribution in [3.05, 3.63) is 35.4 Å². The minimum Gasteiger partial charge on any atom is -0.326 e. The quantitative estimate of drug-likeness (QED) is 0.862. The molecule has 2 rings (SSSR count). The smallest absolute Gasteiger partial charge is 0.326 e. The van der Waals surface area contributed by atoms with E-state index < -0.39 is 12.7 Å². The molecule has 1 aliphatic rings. The topological polar surface area (TPSA) is 29.3 Å². The minimum absolute atomic E-state index is 0.117. The highest BCUT2D eigenvalue weighted by molar-refractivity contribution is 5.27. The first-order valence-corrected chi connectivity index (χ1v) is 6.57. The Bertz CT molecular complexity index is 413. The van der Waals surface area contributed by atoms with Crippen molar-refractivity contribution in [2.24, 2.45) is 5.73 Å². The molecule has 0 aliphatic heterocycles. The highest BCUT2D eigenvalue weighted by atomic mass is 19.4. The first-order chi connectivity index (χ1) is 8.99. The zero-order valence-electron chi connectivity index (χ0n) is 10.8. The fourth-order valence-corrected chi connectivity index (χ4v) is 2.33. The minimum atomic E-state index is -4.12. The highest BCUT2D eigenvalue weighted by Gasteiger charge is 2.37. The van der Waals surface area contributed by atoms with E-state index in [4.69, 9.17) is 5.73 Å². The molecular formula is C14H19F3N2. The summed E-state index contributed by atoms with van der Waals surface area (Å²) < 4.78 is 37.5. The molecule has 1 aromatic rings. The predicted molar refractivity (Wildman–Crippen MR) is 68.7 cm³/mol. The van der Waals surface area contributed by atoms with E-state index in [0.717, 1.165) is 24.0 Å². The summed E-state index contributed by atoms with van der Waals surface area (Å²) in [6.45, 7) is 0.0719. The molecule has 0 spiro atoms. The van der Waals surface area contributed by atoms with Crippen LogP contribution in [-0.2, 0) is 13.0 Å². The van der Waals surface area contributed by atoms with Gasteiger partial charge in [0, 0.05) is 19.1 Å². The first kappa shape index (κ1) is 14.3. The van der Waals surface area contributed by atoms with E-state index in [1.807, 2.05) is 24.3 Å². The van der Waals surface area contributed by atoms with Crippen molar-refractivity contribution in [2.75, 3.05) is 13.1 Å². The highest BCUT2D eigenvalue weighted by Crippen LogP contribution is 2.30. The van der Waals surface area contributed by atoms with Crippen LogP contribution < -0.4 is 5.73 Å². The lowest BCUT2D eigenvalue weighted by Crippen LogP contribution is -2.37. The molecule has 1 aromatic carbocycles.